The predicted molar refractivity (Wildman–Crippen MR) is 147 cm³/mol. The minimum absolute atomic E-state index is 0.126. The average Bonchev–Trinajstić information content (AvgIpc) is 2.93. The first-order valence-corrected chi connectivity index (χ1v) is 14.5. The third-order valence-corrected chi connectivity index (χ3v) is 8.64. The molecule has 1 aliphatic heterocycles. The molecule has 1 saturated carbocycles. The molecule has 38 heavy (non-hydrogen) atoms. The highest BCUT2D eigenvalue weighted by atomic mass is 32.2. The number of carbonyl (C=O) groups is 2. The van der Waals surface area contributed by atoms with Crippen molar-refractivity contribution in [2.24, 2.45) is 0 Å². The van der Waals surface area contributed by atoms with E-state index in [0.717, 1.165) is 25.7 Å². The molecule has 2 amide bonds. The lowest BCUT2D eigenvalue weighted by Crippen LogP contribution is -2.49. The fraction of sp³-hybridized carbons (Fsp3) is 0.310. The first-order chi connectivity index (χ1) is 18.4. The number of nitrogens with zero attached hydrogens (tertiary/aromatic N) is 1. The van der Waals surface area contributed by atoms with Gasteiger partial charge in [-0.3, -0.25) is 13.9 Å². The smallest absolute Gasteiger partial charge is 0.267 e. The SMILES string of the molecule is O=C(NC1CCCCC1)c1ccccc1NC(=O)[C@@H]1CN(S(=O)(=O)Cc2ccccc2)c2ccccc2O1. The Morgan fingerprint density at radius 2 is 1.55 bits per heavy atom. The monoisotopic (exact) mass is 533 g/mol. The van der Waals surface area contributed by atoms with Crippen LogP contribution in [0.5, 0.6) is 5.75 Å². The number of anilines is 2. The minimum Gasteiger partial charge on any atom is -0.476 e. The summed E-state index contributed by atoms with van der Waals surface area (Å²) in [6, 6.07) is 22.6. The van der Waals surface area contributed by atoms with E-state index in [9.17, 15) is 18.0 Å². The standard InChI is InChI=1S/C29H31N3O5S/c33-28(30-22-13-5-2-6-14-22)23-15-7-8-16-24(23)31-29(34)27-19-32(25-17-9-10-18-26(25)37-27)38(35,36)20-21-11-3-1-4-12-21/h1,3-4,7-12,15-18,22,27H,2,5-6,13-14,19-20H2,(H,30,33)(H,31,34)/t27-/m0/s1. The van der Waals surface area contributed by atoms with Gasteiger partial charge in [-0.1, -0.05) is 73.9 Å². The molecule has 0 bridgehead atoms. The van der Waals surface area contributed by atoms with Gasteiger partial charge in [-0.2, -0.15) is 0 Å². The third-order valence-electron chi connectivity index (χ3n) is 6.92. The van der Waals surface area contributed by atoms with E-state index in [2.05, 4.69) is 10.6 Å². The van der Waals surface area contributed by atoms with E-state index >= 15 is 0 Å². The number of hydrogen-bond acceptors (Lipinski definition) is 5. The molecule has 2 N–H and O–H groups in total. The molecular formula is C29H31N3O5S. The van der Waals surface area contributed by atoms with Crippen molar-refractivity contribution in [3.05, 3.63) is 90.0 Å². The zero-order chi connectivity index (χ0) is 26.5. The van der Waals surface area contributed by atoms with Crippen LogP contribution in [0.25, 0.3) is 0 Å². The number of para-hydroxylation sites is 3. The van der Waals surface area contributed by atoms with Crippen LogP contribution in [0.15, 0.2) is 78.9 Å². The van der Waals surface area contributed by atoms with Crippen LogP contribution in [0, 0.1) is 0 Å². The molecule has 0 aromatic heterocycles. The highest BCUT2D eigenvalue weighted by Gasteiger charge is 2.37. The maximum atomic E-state index is 13.5. The highest BCUT2D eigenvalue weighted by Crippen LogP contribution is 2.36. The number of fused-ring (bicyclic) bond motifs is 1. The van der Waals surface area contributed by atoms with Crippen molar-refractivity contribution in [3.8, 4) is 5.75 Å². The van der Waals surface area contributed by atoms with E-state index in [-0.39, 0.29) is 24.2 Å². The number of carbonyl (C=O) groups excluding carboxylic acids is 2. The van der Waals surface area contributed by atoms with Gasteiger partial charge in [0.25, 0.3) is 11.8 Å². The second-order valence-electron chi connectivity index (χ2n) is 9.69. The number of nitrogens with one attached hydrogen (secondary N) is 2. The second-order valence-corrected chi connectivity index (χ2v) is 11.6. The summed E-state index contributed by atoms with van der Waals surface area (Å²) in [7, 11) is -3.82. The van der Waals surface area contributed by atoms with Gasteiger partial charge in [0, 0.05) is 6.04 Å². The molecule has 1 heterocycles. The summed E-state index contributed by atoms with van der Waals surface area (Å²) in [6.07, 6.45) is 4.15. The third kappa shape index (κ3) is 5.83. The number of benzene rings is 3. The van der Waals surface area contributed by atoms with Crippen molar-refractivity contribution < 1.29 is 22.7 Å². The van der Waals surface area contributed by atoms with Gasteiger partial charge >= 0.3 is 0 Å². The number of hydrogen-bond donors (Lipinski definition) is 2. The van der Waals surface area contributed by atoms with Gasteiger partial charge in [0.2, 0.25) is 10.0 Å². The minimum atomic E-state index is -3.82. The molecule has 3 aromatic carbocycles. The Labute approximate surface area is 223 Å². The quantitative estimate of drug-likeness (QED) is 0.466. The molecule has 0 unspecified atom stereocenters. The maximum absolute atomic E-state index is 13.5. The van der Waals surface area contributed by atoms with E-state index in [1.165, 1.54) is 10.7 Å². The highest BCUT2D eigenvalue weighted by molar-refractivity contribution is 7.92. The van der Waals surface area contributed by atoms with Gasteiger partial charge in [-0.05, 0) is 42.7 Å². The van der Waals surface area contributed by atoms with Crippen LogP contribution in [-0.2, 0) is 20.6 Å². The Bertz CT molecular complexity index is 1400. The normalized spacial score (nSPS) is 17.7. The molecular weight excluding hydrogens is 502 g/mol. The zero-order valence-corrected chi connectivity index (χ0v) is 21.8. The molecule has 0 spiro atoms. The second kappa shape index (κ2) is 11.3. The summed E-state index contributed by atoms with van der Waals surface area (Å²) in [6.45, 7) is -0.186. The van der Waals surface area contributed by atoms with Crippen LogP contribution in [0.4, 0.5) is 11.4 Å². The van der Waals surface area contributed by atoms with Crippen molar-refractivity contribution in [3.63, 3.8) is 0 Å². The van der Waals surface area contributed by atoms with Gasteiger partial charge in [0.05, 0.1) is 29.2 Å². The van der Waals surface area contributed by atoms with E-state index in [1.54, 1.807) is 72.8 Å². The Morgan fingerprint density at radius 3 is 2.34 bits per heavy atom. The van der Waals surface area contributed by atoms with E-state index in [1.807, 2.05) is 6.07 Å². The van der Waals surface area contributed by atoms with Crippen LogP contribution in [-0.4, -0.2) is 38.9 Å². The van der Waals surface area contributed by atoms with Gasteiger partial charge in [0.1, 0.15) is 5.75 Å². The summed E-state index contributed by atoms with van der Waals surface area (Å²) >= 11 is 0. The Hall–Kier alpha value is -3.85. The van der Waals surface area contributed by atoms with Crippen molar-refractivity contribution in [2.45, 2.75) is 50.0 Å². The lowest BCUT2D eigenvalue weighted by molar-refractivity contribution is -0.122. The fourth-order valence-corrected chi connectivity index (χ4v) is 6.56. The summed E-state index contributed by atoms with van der Waals surface area (Å²) < 4.78 is 34.1. The van der Waals surface area contributed by atoms with E-state index in [4.69, 9.17) is 4.74 Å². The Balaban J connectivity index is 1.35. The summed E-state index contributed by atoms with van der Waals surface area (Å²) in [5.74, 6) is -0.674. The summed E-state index contributed by atoms with van der Waals surface area (Å²) in [5, 5.41) is 5.89. The molecule has 9 heteroatoms. The molecule has 198 valence electrons. The van der Waals surface area contributed by atoms with Crippen molar-refractivity contribution in [2.75, 3.05) is 16.2 Å². The van der Waals surface area contributed by atoms with E-state index < -0.39 is 22.0 Å². The molecule has 0 saturated heterocycles. The molecule has 0 radical (unpaired) electrons. The van der Waals surface area contributed by atoms with Gasteiger partial charge in [0.15, 0.2) is 6.10 Å². The first kappa shape index (κ1) is 25.8. The number of sulfonamides is 1. The number of amides is 2. The molecule has 1 fully saturated rings. The van der Waals surface area contributed by atoms with Crippen molar-refractivity contribution in [1.82, 2.24) is 5.32 Å². The van der Waals surface area contributed by atoms with Crippen LogP contribution in [0.2, 0.25) is 0 Å². The largest absolute Gasteiger partial charge is 0.476 e. The lowest BCUT2D eigenvalue weighted by atomic mass is 9.95. The topological polar surface area (TPSA) is 105 Å². The van der Waals surface area contributed by atoms with Crippen LogP contribution >= 0.6 is 0 Å². The molecule has 5 rings (SSSR count). The summed E-state index contributed by atoms with van der Waals surface area (Å²) in [4.78, 5) is 26.4. The van der Waals surface area contributed by atoms with Crippen molar-refractivity contribution >= 4 is 33.2 Å². The molecule has 8 nitrogen and oxygen atoms in total. The number of ether oxygens (including phenoxy) is 1. The van der Waals surface area contributed by atoms with Crippen LogP contribution in [0.1, 0.15) is 48.0 Å². The molecule has 3 aromatic rings. The average molecular weight is 534 g/mol. The van der Waals surface area contributed by atoms with Crippen LogP contribution in [0.3, 0.4) is 0 Å². The van der Waals surface area contributed by atoms with Gasteiger partial charge in [-0.25, -0.2) is 8.42 Å². The van der Waals surface area contributed by atoms with Crippen LogP contribution < -0.4 is 19.7 Å². The fourth-order valence-electron chi connectivity index (χ4n) is 4.98. The molecule has 2 aliphatic rings. The number of rotatable bonds is 7. The summed E-state index contributed by atoms with van der Waals surface area (Å²) in [5.41, 5.74) is 1.75. The van der Waals surface area contributed by atoms with Gasteiger partial charge < -0.3 is 15.4 Å². The Kier molecular flexibility index (Phi) is 7.64. The molecule has 1 aliphatic carbocycles. The van der Waals surface area contributed by atoms with E-state index in [0.29, 0.717) is 28.3 Å². The zero-order valence-electron chi connectivity index (χ0n) is 21.0. The van der Waals surface area contributed by atoms with Crippen molar-refractivity contribution in [1.29, 1.82) is 0 Å². The lowest BCUT2D eigenvalue weighted by Gasteiger charge is -2.34. The first-order valence-electron chi connectivity index (χ1n) is 12.9. The van der Waals surface area contributed by atoms with Gasteiger partial charge in [-0.15, -0.1) is 0 Å². The predicted octanol–water partition coefficient (Wildman–Crippen LogP) is 4.49. The Morgan fingerprint density at radius 1 is 0.868 bits per heavy atom. The maximum Gasteiger partial charge on any atom is 0.267 e. The molecule has 1 atom stereocenters.